The van der Waals surface area contributed by atoms with Crippen LogP contribution in [0.25, 0.3) is 0 Å². The molecule has 1 fully saturated rings. The molecule has 2 atom stereocenters. The van der Waals surface area contributed by atoms with Gasteiger partial charge in [0.05, 0.1) is 13.5 Å². The lowest BCUT2D eigenvalue weighted by Crippen LogP contribution is -2.31. The van der Waals surface area contributed by atoms with E-state index < -0.39 is 0 Å². The SMILES string of the molecule is COc1ccc(NC(=O)c2nnc3n2C[C@@H]2CN(C(=O)Cc4cccs4)C[C@@H]2C3)cc1. The van der Waals surface area contributed by atoms with E-state index in [1.54, 1.807) is 42.7 Å². The number of aromatic nitrogens is 3. The van der Waals surface area contributed by atoms with Crippen molar-refractivity contribution in [2.75, 3.05) is 25.5 Å². The molecule has 160 valence electrons. The molecule has 2 aliphatic heterocycles. The number of carbonyl (C=O) groups excluding carboxylic acids is 2. The number of rotatable bonds is 5. The van der Waals surface area contributed by atoms with Crippen molar-refractivity contribution < 1.29 is 14.3 Å². The third-order valence-electron chi connectivity index (χ3n) is 6.07. The molecule has 0 unspecified atom stereocenters. The second-order valence-electron chi connectivity index (χ2n) is 8.01. The third-order valence-corrected chi connectivity index (χ3v) is 6.95. The number of amides is 2. The summed E-state index contributed by atoms with van der Waals surface area (Å²) >= 11 is 1.61. The molecule has 0 aliphatic carbocycles. The van der Waals surface area contributed by atoms with Crippen molar-refractivity contribution >= 4 is 28.8 Å². The highest BCUT2D eigenvalue weighted by molar-refractivity contribution is 7.10. The summed E-state index contributed by atoms with van der Waals surface area (Å²) in [6.45, 7) is 2.11. The van der Waals surface area contributed by atoms with E-state index in [1.807, 2.05) is 27.0 Å². The summed E-state index contributed by atoms with van der Waals surface area (Å²) in [7, 11) is 1.60. The van der Waals surface area contributed by atoms with Gasteiger partial charge in [-0.1, -0.05) is 6.07 Å². The number of ether oxygens (including phenoxy) is 1. The fourth-order valence-electron chi connectivity index (χ4n) is 4.43. The molecule has 2 aliphatic rings. The molecular formula is C22H23N5O3S. The molecule has 1 saturated heterocycles. The van der Waals surface area contributed by atoms with Crippen LogP contribution in [0.3, 0.4) is 0 Å². The maximum Gasteiger partial charge on any atom is 0.293 e. The lowest BCUT2D eigenvalue weighted by molar-refractivity contribution is -0.129. The van der Waals surface area contributed by atoms with Gasteiger partial charge in [0.2, 0.25) is 11.7 Å². The second-order valence-corrected chi connectivity index (χ2v) is 9.04. The zero-order valence-corrected chi connectivity index (χ0v) is 18.0. The summed E-state index contributed by atoms with van der Waals surface area (Å²) in [6.07, 6.45) is 1.19. The van der Waals surface area contributed by atoms with Crippen LogP contribution in [0.4, 0.5) is 5.69 Å². The van der Waals surface area contributed by atoms with E-state index in [4.69, 9.17) is 4.74 Å². The standard InChI is InChI=1S/C22H23N5O3S/c1-30-17-6-4-16(5-7-17)23-22(29)21-25-24-19-9-14-11-26(12-15(14)13-27(19)21)20(28)10-18-3-2-8-31-18/h2-8,14-15H,9-13H2,1H3,(H,23,29)/t14-,15-/m0/s1. The van der Waals surface area contributed by atoms with E-state index in [0.717, 1.165) is 29.4 Å². The van der Waals surface area contributed by atoms with Crippen LogP contribution in [0.5, 0.6) is 5.75 Å². The van der Waals surface area contributed by atoms with Crippen molar-refractivity contribution in [1.82, 2.24) is 19.7 Å². The fraction of sp³-hybridized carbons (Fsp3) is 0.364. The van der Waals surface area contributed by atoms with Crippen LogP contribution in [0, 0.1) is 11.8 Å². The molecule has 31 heavy (non-hydrogen) atoms. The Kier molecular flexibility index (Phi) is 5.19. The van der Waals surface area contributed by atoms with Crippen LogP contribution in [-0.4, -0.2) is 51.7 Å². The van der Waals surface area contributed by atoms with Crippen molar-refractivity contribution in [1.29, 1.82) is 0 Å². The Balaban J connectivity index is 1.26. The van der Waals surface area contributed by atoms with Crippen LogP contribution in [-0.2, 0) is 24.2 Å². The second kappa shape index (κ2) is 8.14. The first-order valence-corrected chi connectivity index (χ1v) is 11.2. The van der Waals surface area contributed by atoms with Gasteiger partial charge in [-0.3, -0.25) is 9.59 Å². The summed E-state index contributed by atoms with van der Waals surface area (Å²) in [5.74, 6) is 2.41. The van der Waals surface area contributed by atoms with Gasteiger partial charge in [-0.15, -0.1) is 21.5 Å². The van der Waals surface area contributed by atoms with Crippen LogP contribution in [0.15, 0.2) is 41.8 Å². The quantitative estimate of drug-likeness (QED) is 0.662. The molecule has 3 aromatic rings. The predicted octanol–water partition coefficient (Wildman–Crippen LogP) is 2.47. The van der Waals surface area contributed by atoms with Gasteiger partial charge in [0.1, 0.15) is 11.6 Å². The van der Waals surface area contributed by atoms with E-state index in [0.29, 0.717) is 42.9 Å². The summed E-state index contributed by atoms with van der Waals surface area (Å²) in [6, 6.07) is 11.1. The number of hydrogen-bond donors (Lipinski definition) is 1. The van der Waals surface area contributed by atoms with E-state index in [-0.39, 0.29) is 11.8 Å². The third kappa shape index (κ3) is 3.93. The van der Waals surface area contributed by atoms with E-state index >= 15 is 0 Å². The summed E-state index contributed by atoms with van der Waals surface area (Å²) < 4.78 is 7.06. The number of nitrogens with one attached hydrogen (secondary N) is 1. The van der Waals surface area contributed by atoms with Crippen LogP contribution < -0.4 is 10.1 Å². The zero-order valence-electron chi connectivity index (χ0n) is 17.2. The predicted molar refractivity (Wildman–Crippen MR) is 116 cm³/mol. The average Bonchev–Trinajstić information content (AvgIpc) is 3.51. The summed E-state index contributed by atoms with van der Waals surface area (Å²) in [4.78, 5) is 28.6. The molecule has 2 aromatic heterocycles. The number of thiophene rings is 1. The molecule has 4 heterocycles. The Morgan fingerprint density at radius 3 is 2.68 bits per heavy atom. The first-order chi connectivity index (χ1) is 15.1. The average molecular weight is 438 g/mol. The lowest BCUT2D eigenvalue weighted by atomic mass is 9.89. The highest BCUT2D eigenvalue weighted by Crippen LogP contribution is 2.33. The topological polar surface area (TPSA) is 89.3 Å². The number of likely N-dealkylation sites (tertiary alicyclic amines) is 1. The van der Waals surface area contributed by atoms with Crippen LogP contribution in [0.2, 0.25) is 0 Å². The molecule has 9 heteroatoms. The smallest absolute Gasteiger partial charge is 0.293 e. The Morgan fingerprint density at radius 2 is 1.94 bits per heavy atom. The number of fused-ring (bicyclic) bond motifs is 2. The zero-order chi connectivity index (χ0) is 21.4. The molecule has 0 bridgehead atoms. The highest BCUT2D eigenvalue weighted by atomic mass is 32.1. The highest BCUT2D eigenvalue weighted by Gasteiger charge is 2.40. The minimum absolute atomic E-state index is 0.171. The molecule has 0 radical (unpaired) electrons. The first kappa shape index (κ1) is 19.7. The number of hydrogen-bond acceptors (Lipinski definition) is 6. The summed E-state index contributed by atoms with van der Waals surface area (Å²) in [5.41, 5.74) is 0.669. The monoisotopic (exact) mass is 437 g/mol. The van der Waals surface area contributed by atoms with Crippen molar-refractivity contribution in [3.63, 3.8) is 0 Å². The van der Waals surface area contributed by atoms with Gasteiger partial charge in [0.25, 0.3) is 5.91 Å². The maximum atomic E-state index is 12.8. The Labute approximate surface area is 183 Å². The molecule has 0 spiro atoms. The number of nitrogens with zero attached hydrogens (tertiary/aromatic N) is 4. The number of anilines is 1. The number of methoxy groups -OCH3 is 1. The Bertz CT molecular complexity index is 1090. The molecule has 1 N–H and O–H groups in total. The van der Waals surface area contributed by atoms with Crippen molar-refractivity contribution in [3.8, 4) is 5.75 Å². The van der Waals surface area contributed by atoms with Crippen molar-refractivity contribution in [2.24, 2.45) is 11.8 Å². The van der Waals surface area contributed by atoms with Crippen LogP contribution >= 0.6 is 11.3 Å². The largest absolute Gasteiger partial charge is 0.497 e. The minimum atomic E-state index is -0.286. The van der Waals surface area contributed by atoms with Gasteiger partial charge in [-0.25, -0.2) is 0 Å². The van der Waals surface area contributed by atoms with Crippen LogP contribution in [0.1, 0.15) is 21.3 Å². The molecule has 1 aromatic carbocycles. The summed E-state index contributed by atoms with van der Waals surface area (Å²) in [5, 5.41) is 13.3. The lowest BCUT2D eigenvalue weighted by Gasteiger charge is -2.25. The molecule has 0 saturated carbocycles. The van der Waals surface area contributed by atoms with Gasteiger partial charge in [0, 0.05) is 36.6 Å². The minimum Gasteiger partial charge on any atom is -0.497 e. The first-order valence-electron chi connectivity index (χ1n) is 10.3. The van der Waals surface area contributed by atoms with Gasteiger partial charge < -0.3 is 19.5 Å². The van der Waals surface area contributed by atoms with Gasteiger partial charge in [-0.05, 0) is 47.5 Å². The number of carbonyl (C=O) groups is 2. The van der Waals surface area contributed by atoms with Crippen molar-refractivity contribution in [3.05, 3.63) is 58.3 Å². The van der Waals surface area contributed by atoms with E-state index in [1.165, 1.54) is 0 Å². The van der Waals surface area contributed by atoms with Crippen molar-refractivity contribution in [2.45, 2.75) is 19.4 Å². The molecule has 8 nitrogen and oxygen atoms in total. The Hall–Kier alpha value is -3.20. The van der Waals surface area contributed by atoms with Gasteiger partial charge in [0.15, 0.2) is 0 Å². The maximum absolute atomic E-state index is 12.8. The van der Waals surface area contributed by atoms with Gasteiger partial charge >= 0.3 is 0 Å². The normalized spacial score (nSPS) is 19.6. The van der Waals surface area contributed by atoms with E-state index in [2.05, 4.69) is 15.5 Å². The molecular weight excluding hydrogens is 414 g/mol. The Morgan fingerprint density at radius 1 is 1.13 bits per heavy atom. The number of benzene rings is 1. The molecule has 2 amide bonds. The molecule has 5 rings (SSSR count). The van der Waals surface area contributed by atoms with Gasteiger partial charge in [-0.2, -0.15) is 0 Å². The fourth-order valence-corrected chi connectivity index (χ4v) is 5.13. The van der Waals surface area contributed by atoms with E-state index in [9.17, 15) is 9.59 Å².